The van der Waals surface area contributed by atoms with Gasteiger partial charge >= 0.3 is 0 Å². The molecule has 2 atom stereocenters. The lowest BCUT2D eigenvalue weighted by Gasteiger charge is -2.41. The van der Waals surface area contributed by atoms with Crippen LogP contribution in [0.5, 0.6) is 0 Å². The number of fused-ring (bicyclic) bond motifs is 1. The maximum atomic E-state index is 13.2. The number of amides is 1. The van der Waals surface area contributed by atoms with E-state index in [9.17, 15) is 4.79 Å². The lowest BCUT2D eigenvalue weighted by atomic mass is 9.70. The van der Waals surface area contributed by atoms with Crippen LogP contribution in [0.3, 0.4) is 0 Å². The summed E-state index contributed by atoms with van der Waals surface area (Å²) >= 11 is 0. The highest BCUT2D eigenvalue weighted by molar-refractivity contribution is 5.88. The molecule has 0 spiro atoms. The monoisotopic (exact) mass is 322 g/mol. The first kappa shape index (κ1) is 17.3. The molecule has 1 N–H and O–H groups in total. The molecule has 1 aromatic carbocycles. The van der Waals surface area contributed by atoms with Gasteiger partial charge in [-0.05, 0) is 57.2 Å². The first-order valence-corrected chi connectivity index (χ1v) is 8.20. The topological polar surface area (TPSA) is 32.3 Å². The van der Waals surface area contributed by atoms with Gasteiger partial charge in [0.05, 0.1) is 5.41 Å². The first-order chi connectivity index (χ1) is 10.1. The zero-order valence-corrected chi connectivity index (χ0v) is 14.4. The van der Waals surface area contributed by atoms with Crippen molar-refractivity contribution in [2.45, 2.75) is 50.5 Å². The summed E-state index contributed by atoms with van der Waals surface area (Å²) in [6.07, 6.45) is 5.48. The Labute approximate surface area is 139 Å². The predicted octanol–water partition coefficient (Wildman–Crippen LogP) is 2.91. The Morgan fingerprint density at radius 1 is 1.32 bits per heavy atom. The van der Waals surface area contributed by atoms with Crippen LogP contribution in [0.4, 0.5) is 0 Å². The fourth-order valence-corrected chi connectivity index (χ4v) is 4.01. The van der Waals surface area contributed by atoms with Gasteiger partial charge in [-0.2, -0.15) is 0 Å². The summed E-state index contributed by atoms with van der Waals surface area (Å²) in [7, 11) is 2.00. The number of carbonyl (C=O) groups excluding carboxylic acids is 1. The van der Waals surface area contributed by atoms with E-state index in [1.165, 1.54) is 17.5 Å². The molecule has 1 amide bonds. The van der Waals surface area contributed by atoms with Crippen molar-refractivity contribution in [3.8, 4) is 0 Å². The van der Waals surface area contributed by atoms with Gasteiger partial charge in [0.2, 0.25) is 5.91 Å². The summed E-state index contributed by atoms with van der Waals surface area (Å²) < 4.78 is 0. The minimum absolute atomic E-state index is 0. The Morgan fingerprint density at radius 3 is 2.86 bits per heavy atom. The van der Waals surface area contributed by atoms with Crippen LogP contribution in [-0.2, 0) is 16.6 Å². The quantitative estimate of drug-likeness (QED) is 0.908. The number of nitrogens with zero attached hydrogens (tertiary/aromatic N) is 1. The van der Waals surface area contributed by atoms with Crippen LogP contribution in [0.2, 0.25) is 0 Å². The molecule has 1 aliphatic heterocycles. The molecular weight excluding hydrogens is 296 g/mol. The van der Waals surface area contributed by atoms with Crippen molar-refractivity contribution in [1.29, 1.82) is 0 Å². The molecule has 2 aliphatic rings. The number of aryl methyl sites for hydroxylation is 1. The number of benzene rings is 1. The number of likely N-dealkylation sites (tertiary alicyclic amines) is 1. The second-order valence-corrected chi connectivity index (χ2v) is 6.72. The van der Waals surface area contributed by atoms with Crippen molar-refractivity contribution in [2.75, 3.05) is 20.1 Å². The fourth-order valence-electron chi connectivity index (χ4n) is 4.01. The average molecular weight is 323 g/mol. The van der Waals surface area contributed by atoms with E-state index in [1.54, 1.807) is 0 Å². The summed E-state index contributed by atoms with van der Waals surface area (Å²) in [5, 5.41) is 3.33. The molecule has 3 rings (SSSR count). The summed E-state index contributed by atoms with van der Waals surface area (Å²) in [6.45, 7) is 3.91. The molecule has 1 heterocycles. The molecule has 0 saturated carbocycles. The van der Waals surface area contributed by atoms with Crippen LogP contribution >= 0.6 is 12.4 Å². The molecule has 1 fully saturated rings. The Balaban J connectivity index is 0.00000176. The summed E-state index contributed by atoms with van der Waals surface area (Å²) in [4.78, 5) is 15.3. The van der Waals surface area contributed by atoms with Crippen LogP contribution < -0.4 is 5.32 Å². The lowest BCUT2D eigenvalue weighted by Crippen LogP contribution is -2.53. The SMILES string of the molecule is CNC1CCCN(C(=O)C2(C)CCCc3ccccc32)C1.Cl. The van der Waals surface area contributed by atoms with Crippen molar-refractivity contribution < 1.29 is 4.79 Å². The summed E-state index contributed by atoms with van der Waals surface area (Å²) in [5.41, 5.74) is 2.29. The molecule has 1 aromatic rings. The van der Waals surface area contributed by atoms with Crippen LogP contribution in [-0.4, -0.2) is 37.0 Å². The third-order valence-corrected chi connectivity index (χ3v) is 5.32. The molecule has 0 radical (unpaired) electrons. The Morgan fingerprint density at radius 2 is 2.09 bits per heavy atom. The Hall–Kier alpha value is -1.06. The van der Waals surface area contributed by atoms with Gasteiger partial charge in [-0.3, -0.25) is 4.79 Å². The van der Waals surface area contributed by atoms with Gasteiger partial charge in [-0.25, -0.2) is 0 Å². The third-order valence-electron chi connectivity index (χ3n) is 5.32. The smallest absolute Gasteiger partial charge is 0.233 e. The van der Waals surface area contributed by atoms with E-state index in [0.717, 1.165) is 38.8 Å². The number of piperidine rings is 1. The van der Waals surface area contributed by atoms with Crippen molar-refractivity contribution in [3.05, 3.63) is 35.4 Å². The van der Waals surface area contributed by atoms with Gasteiger partial charge in [0, 0.05) is 19.1 Å². The molecule has 1 saturated heterocycles. The number of halogens is 1. The summed E-state index contributed by atoms with van der Waals surface area (Å²) in [5.74, 6) is 0.328. The molecule has 0 bridgehead atoms. The number of likely N-dealkylation sites (N-methyl/N-ethyl adjacent to an activating group) is 1. The van der Waals surface area contributed by atoms with E-state index >= 15 is 0 Å². The second-order valence-electron chi connectivity index (χ2n) is 6.72. The second kappa shape index (κ2) is 7.01. The van der Waals surface area contributed by atoms with Gasteiger partial charge in [-0.15, -0.1) is 12.4 Å². The molecule has 0 aromatic heterocycles. The van der Waals surface area contributed by atoms with Crippen molar-refractivity contribution >= 4 is 18.3 Å². The molecule has 3 nitrogen and oxygen atoms in total. The fraction of sp³-hybridized carbons (Fsp3) is 0.611. The van der Waals surface area contributed by atoms with Gasteiger partial charge in [0.1, 0.15) is 0 Å². The van der Waals surface area contributed by atoms with E-state index in [1.807, 2.05) is 7.05 Å². The molecule has 122 valence electrons. The Kier molecular flexibility index (Phi) is 5.51. The van der Waals surface area contributed by atoms with Gasteiger partial charge in [0.25, 0.3) is 0 Å². The largest absolute Gasteiger partial charge is 0.340 e. The van der Waals surface area contributed by atoms with E-state index < -0.39 is 0 Å². The maximum Gasteiger partial charge on any atom is 0.233 e. The van der Waals surface area contributed by atoms with E-state index in [2.05, 4.69) is 41.4 Å². The summed E-state index contributed by atoms with van der Waals surface area (Å²) in [6, 6.07) is 8.96. The lowest BCUT2D eigenvalue weighted by molar-refractivity contribution is -0.138. The van der Waals surface area contributed by atoms with Gasteiger partial charge in [0.15, 0.2) is 0 Å². The van der Waals surface area contributed by atoms with Crippen LogP contribution in [0, 0.1) is 0 Å². The minimum Gasteiger partial charge on any atom is -0.340 e. The molecular formula is C18H27ClN2O. The highest BCUT2D eigenvalue weighted by atomic mass is 35.5. The number of carbonyl (C=O) groups is 1. The van der Waals surface area contributed by atoms with Crippen molar-refractivity contribution in [1.82, 2.24) is 10.2 Å². The highest BCUT2D eigenvalue weighted by Gasteiger charge is 2.42. The molecule has 2 unspecified atom stereocenters. The number of rotatable bonds is 2. The minimum atomic E-state index is -0.329. The normalized spacial score (nSPS) is 27.7. The van der Waals surface area contributed by atoms with E-state index in [-0.39, 0.29) is 17.8 Å². The Bertz CT molecular complexity index is 534. The molecule has 4 heteroatoms. The van der Waals surface area contributed by atoms with Crippen LogP contribution in [0.1, 0.15) is 43.7 Å². The number of hydrogen-bond donors (Lipinski definition) is 1. The zero-order chi connectivity index (χ0) is 14.9. The van der Waals surface area contributed by atoms with Crippen LogP contribution in [0.15, 0.2) is 24.3 Å². The van der Waals surface area contributed by atoms with Crippen molar-refractivity contribution in [3.63, 3.8) is 0 Å². The van der Waals surface area contributed by atoms with Gasteiger partial charge in [-0.1, -0.05) is 24.3 Å². The van der Waals surface area contributed by atoms with Crippen molar-refractivity contribution in [2.24, 2.45) is 0 Å². The highest BCUT2D eigenvalue weighted by Crippen LogP contribution is 2.39. The van der Waals surface area contributed by atoms with Gasteiger partial charge < -0.3 is 10.2 Å². The molecule has 1 aliphatic carbocycles. The van der Waals surface area contributed by atoms with Crippen LogP contribution in [0.25, 0.3) is 0 Å². The van der Waals surface area contributed by atoms with E-state index in [4.69, 9.17) is 0 Å². The maximum absolute atomic E-state index is 13.2. The zero-order valence-electron chi connectivity index (χ0n) is 13.6. The third kappa shape index (κ3) is 3.02. The average Bonchev–Trinajstić information content (AvgIpc) is 2.54. The molecule has 22 heavy (non-hydrogen) atoms. The number of hydrogen-bond acceptors (Lipinski definition) is 2. The number of nitrogens with one attached hydrogen (secondary N) is 1. The standard InChI is InChI=1S/C18H26N2O.ClH/c1-18(11-5-8-14-7-3-4-10-16(14)18)17(21)20-12-6-9-15(13-20)19-2;/h3-4,7,10,15,19H,5-6,8-9,11-13H2,1-2H3;1H. The predicted molar refractivity (Wildman–Crippen MR) is 92.6 cm³/mol. The first-order valence-electron chi connectivity index (χ1n) is 8.20. The van der Waals surface area contributed by atoms with E-state index in [0.29, 0.717) is 11.9 Å².